The average molecular weight is 299 g/mol. The molecular formula is C17H14FNOS. The Labute approximate surface area is 124 Å². The summed E-state index contributed by atoms with van der Waals surface area (Å²) in [4.78, 5) is 0.417. The highest BCUT2D eigenvalue weighted by molar-refractivity contribution is 7.84. The van der Waals surface area contributed by atoms with E-state index in [4.69, 9.17) is 5.73 Å². The van der Waals surface area contributed by atoms with E-state index in [1.165, 1.54) is 12.1 Å². The van der Waals surface area contributed by atoms with Crippen molar-refractivity contribution in [1.29, 1.82) is 0 Å². The molecule has 3 rings (SSSR count). The topological polar surface area (TPSA) is 43.1 Å². The van der Waals surface area contributed by atoms with Gasteiger partial charge in [0.1, 0.15) is 5.82 Å². The van der Waals surface area contributed by atoms with E-state index in [-0.39, 0.29) is 5.69 Å². The van der Waals surface area contributed by atoms with Crippen LogP contribution in [0, 0.1) is 5.82 Å². The van der Waals surface area contributed by atoms with Gasteiger partial charge in [0.05, 0.1) is 16.6 Å². The highest BCUT2D eigenvalue weighted by Gasteiger charge is 2.10. The van der Waals surface area contributed by atoms with Gasteiger partial charge in [0.15, 0.2) is 0 Å². The van der Waals surface area contributed by atoms with Crippen LogP contribution in [0.3, 0.4) is 0 Å². The maximum absolute atomic E-state index is 13.4. The van der Waals surface area contributed by atoms with Crippen molar-refractivity contribution < 1.29 is 8.60 Å². The predicted molar refractivity (Wildman–Crippen MR) is 84.9 cm³/mol. The third kappa shape index (κ3) is 2.95. The minimum absolute atomic E-state index is 0.288. The van der Waals surface area contributed by atoms with Gasteiger partial charge >= 0.3 is 0 Å². The quantitative estimate of drug-likeness (QED) is 0.746. The molecule has 106 valence electrons. The molecule has 0 saturated heterocycles. The zero-order valence-electron chi connectivity index (χ0n) is 11.3. The normalized spacial score (nSPS) is 12.4. The van der Waals surface area contributed by atoms with Crippen molar-refractivity contribution in [1.82, 2.24) is 0 Å². The van der Waals surface area contributed by atoms with E-state index in [2.05, 4.69) is 0 Å². The molecule has 2 nitrogen and oxygen atoms in total. The van der Waals surface area contributed by atoms with Crippen LogP contribution in [0.25, 0.3) is 10.8 Å². The summed E-state index contributed by atoms with van der Waals surface area (Å²) < 4.78 is 25.8. The van der Waals surface area contributed by atoms with Crippen molar-refractivity contribution in [2.75, 3.05) is 5.73 Å². The van der Waals surface area contributed by atoms with Gasteiger partial charge in [-0.05, 0) is 34.5 Å². The number of hydrogen-bond acceptors (Lipinski definition) is 2. The number of rotatable bonds is 3. The number of fused-ring (bicyclic) bond motifs is 1. The molecule has 0 saturated carbocycles. The van der Waals surface area contributed by atoms with Crippen molar-refractivity contribution in [3.05, 3.63) is 72.0 Å². The summed E-state index contributed by atoms with van der Waals surface area (Å²) in [5.41, 5.74) is 6.88. The van der Waals surface area contributed by atoms with Crippen LogP contribution in [-0.2, 0) is 16.6 Å². The number of nitrogen functional groups attached to an aromatic ring is 1. The van der Waals surface area contributed by atoms with E-state index in [9.17, 15) is 8.60 Å². The van der Waals surface area contributed by atoms with Gasteiger partial charge in [-0.15, -0.1) is 0 Å². The summed E-state index contributed by atoms with van der Waals surface area (Å²) in [5.74, 6) is -0.124. The number of halogens is 1. The smallest absolute Gasteiger partial charge is 0.126 e. The first kappa shape index (κ1) is 13.8. The fraction of sp³-hybridized carbons (Fsp3) is 0.0588. The van der Waals surface area contributed by atoms with E-state index >= 15 is 0 Å². The largest absolute Gasteiger partial charge is 0.399 e. The first-order valence-electron chi connectivity index (χ1n) is 6.54. The third-order valence-corrected chi connectivity index (χ3v) is 4.66. The molecule has 0 heterocycles. The van der Waals surface area contributed by atoms with Crippen LogP contribution in [0.2, 0.25) is 0 Å². The van der Waals surface area contributed by atoms with Gasteiger partial charge in [-0.25, -0.2) is 4.39 Å². The maximum atomic E-state index is 13.4. The van der Waals surface area contributed by atoms with Crippen molar-refractivity contribution in [2.24, 2.45) is 0 Å². The summed E-state index contributed by atoms with van der Waals surface area (Å²) in [7, 11) is -1.33. The van der Waals surface area contributed by atoms with Crippen LogP contribution in [-0.4, -0.2) is 4.21 Å². The van der Waals surface area contributed by atoms with Gasteiger partial charge < -0.3 is 5.73 Å². The minimum Gasteiger partial charge on any atom is -0.399 e. The standard InChI is InChI=1S/C17H14FNOS/c18-14-8-15(19)10-16(9-14)21(20)11-13-6-3-5-12-4-1-2-7-17(12)13/h1-10H,11,19H2. The highest BCUT2D eigenvalue weighted by atomic mass is 32.2. The molecule has 0 aliphatic rings. The van der Waals surface area contributed by atoms with Crippen molar-refractivity contribution in [3.63, 3.8) is 0 Å². The van der Waals surface area contributed by atoms with Crippen LogP contribution in [0.5, 0.6) is 0 Å². The zero-order valence-corrected chi connectivity index (χ0v) is 12.1. The lowest BCUT2D eigenvalue weighted by atomic mass is 10.1. The fourth-order valence-electron chi connectivity index (χ4n) is 2.36. The Hall–Kier alpha value is -2.20. The molecule has 4 heteroatoms. The van der Waals surface area contributed by atoms with Gasteiger partial charge in [-0.3, -0.25) is 4.21 Å². The molecule has 0 radical (unpaired) electrons. The second-order valence-electron chi connectivity index (χ2n) is 4.85. The fourth-order valence-corrected chi connectivity index (χ4v) is 3.57. The van der Waals surface area contributed by atoms with Crippen LogP contribution in [0.15, 0.2) is 65.6 Å². The van der Waals surface area contributed by atoms with Gasteiger partial charge in [0.25, 0.3) is 0 Å². The Morgan fingerprint density at radius 3 is 2.57 bits per heavy atom. The molecule has 0 amide bonds. The number of nitrogens with two attached hydrogens (primary N) is 1. The number of benzene rings is 3. The van der Waals surface area contributed by atoms with Crippen molar-refractivity contribution in [3.8, 4) is 0 Å². The van der Waals surface area contributed by atoms with E-state index in [1.807, 2.05) is 42.5 Å². The Balaban J connectivity index is 1.96. The monoisotopic (exact) mass is 299 g/mol. The summed E-state index contributed by atoms with van der Waals surface area (Å²) in [5, 5.41) is 2.17. The molecule has 0 spiro atoms. The Morgan fingerprint density at radius 1 is 1.00 bits per heavy atom. The Kier molecular flexibility index (Phi) is 3.71. The first-order chi connectivity index (χ1) is 10.1. The molecule has 21 heavy (non-hydrogen) atoms. The Bertz CT molecular complexity index is 806. The molecular weight excluding hydrogens is 285 g/mol. The zero-order chi connectivity index (χ0) is 14.8. The second kappa shape index (κ2) is 5.66. The molecule has 0 aliphatic heterocycles. The lowest BCUT2D eigenvalue weighted by Crippen LogP contribution is -1.99. The van der Waals surface area contributed by atoms with Crippen LogP contribution in [0.1, 0.15) is 5.56 Å². The molecule has 3 aromatic carbocycles. The van der Waals surface area contributed by atoms with Crippen LogP contribution in [0.4, 0.5) is 10.1 Å². The summed E-state index contributed by atoms with van der Waals surface area (Å²) in [6.45, 7) is 0. The van der Waals surface area contributed by atoms with E-state index in [0.717, 1.165) is 16.3 Å². The van der Waals surface area contributed by atoms with E-state index in [0.29, 0.717) is 10.6 Å². The second-order valence-corrected chi connectivity index (χ2v) is 6.30. The first-order valence-corrected chi connectivity index (χ1v) is 7.86. The lowest BCUT2D eigenvalue weighted by molar-refractivity contribution is 0.623. The third-order valence-electron chi connectivity index (χ3n) is 3.32. The molecule has 0 aromatic heterocycles. The van der Waals surface area contributed by atoms with Gasteiger partial charge in [0.2, 0.25) is 0 Å². The molecule has 2 N–H and O–H groups in total. The highest BCUT2D eigenvalue weighted by Crippen LogP contribution is 2.23. The lowest BCUT2D eigenvalue weighted by Gasteiger charge is -2.07. The molecule has 0 bridgehead atoms. The van der Waals surface area contributed by atoms with Crippen LogP contribution >= 0.6 is 0 Å². The summed E-state index contributed by atoms with van der Waals surface area (Å²) in [6.07, 6.45) is 0. The molecule has 1 unspecified atom stereocenters. The average Bonchev–Trinajstić information content (AvgIpc) is 2.46. The number of anilines is 1. The van der Waals surface area contributed by atoms with E-state index in [1.54, 1.807) is 6.07 Å². The van der Waals surface area contributed by atoms with Gasteiger partial charge in [-0.1, -0.05) is 42.5 Å². The molecule has 0 fully saturated rings. The predicted octanol–water partition coefficient (Wildman–Crippen LogP) is 3.87. The van der Waals surface area contributed by atoms with Crippen LogP contribution < -0.4 is 5.73 Å². The van der Waals surface area contributed by atoms with Gasteiger partial charge in [0, 0.05) is 10.6 Å². The minimum atomic E-state index is -1.33. The SMILES string of the molecule is Nc1cc(F)cc(S(=O)Cc2cccc3ccccc23)c1. The van der Waals surface area contributed by atoms with E-state index < -0.39 is 16.6 Å². The summed E-state index contributed by atoms with van der Waals surface area (Å²) in [6, 6.07) is 17.9. The maximum Gasteiger partial charge on any atom is 0.126 e. The van der Waals surface area contributed by atoms with Gasteiger partial charge in [-0.2, -0.15) is 0 Å². The van der Waals surface area contributed by atoms with Crippen molar-refractivity contribution in [2.45, 2.75) is 10.6 Å². The molecule has 3 aromatic rings. The summed E-state index contributed by atoms with van der Waals surface area (Å²) >= 11 is 0. The molecule has 1 atom stereocenters. The number of hydrogen-bond donors (Lipinski definition) is 1. The molecule has 0 aliphatic carbocycles. The Morgan fingerprint density at radius 2 is 1.76 bits per heavy atom. The van der Waals surface area contributed by atoms with Crippen molar-refractivity contribution >= 4 is 27.3 Å².